The van der Waals surface area contributed by atoms with Gasteiger partial charge in [-0.25, -0.2) is 0 Å². The number of carbonyl (C=O) groups excluding carboxylic acids is 1. The lowest BCUT2D eigenvalue weighted by Crippen LogP contribution is -2.47. The highest BCUT2D eigenvalue weighted by molar-refractivity contribution is 5.95. The van der Waals surface area contributed by atoms with Crippen LogP contribution < -0.4 is 4.90 Å². The number of rotatable bonds is 2. The monoisotopic (exact) mass is 371 g/mol. The molecule has 1 aromatic heterocycles. The lowest BCUT2D eigenvalue weighted by molar-refractivity contribution is -0.128. The number of hydrogen-bond acceptors (Lipinski definition) is 5. The number of anilines is 1. The molecule has 5 nitrogen and oxygen atoms in total. The van der Waals surface area contributed by atoms with Crippen LogP contribution in [-0.4, -0.2) is 17.9 Å². The van der Waals surface area contributed by atoms with Crippen LogP contribution in [0.3, 0.4) is 0 Å². The third kappa shape index (κ3) is 2.33. The summed E-state index contributed by atoms with van der Waals surface area (Å²) in [6, 6.07) is 14.6. The summed E-state index contributed by atoms with van der Waals surface area (Å²) in [6.07, 6.45) is 5.33. The van der Waals surface area contributed by atoms with Crippen LogP contribution in [0.15, 0.2) is 53.2 Å². The van der Waals surface area contributed by atoms with Crippen molar-refractivity contribution in [2.24, 2.45) is 10.8 Å². The molecule has 0 aliphatic carbocycles. The Balaban J connectivity index is 2.02. The summed E-state index contributed by atoms with van der Waals surface area (Å²) in [6.45, 7) is 5.61. The van der Waals surface area contributed by atoms with Crippen LogP contribution in [0, 0.1) is 33.5 Å². The maximum Gasteiger partial charge on any atom is 0.179 e. The second-order valence-electron chi connectivity index (χ2n) is 8.41. The van der Waals surface area contributed by atoms with Gasteiger partial charge in [-0.2, -0.15) is 10.5 Å². The zero-order chi connectivity index (χ0) is 20.1. The third-order valence-electron chi connectivity index (χ3n) is 5.77. The zero-order valence-corrected chi connectivity index (χ0v) is 16.1. The number of hydrogen-bond donors (Lipinski definition) is 0. The number of fused-ring (bicyclic) bond motifs is 3. The normalized spacial score (nSPS) is 24.8. The molecular formula is C23H21N3O2. The Morgan fingerprint density at radius 1 is 1.14 bits per heavy atom. The maximum atomic E-state index is 13.6. The van der Waals surface area contributed by atoms with Crippen molar-refractivity contribution in [3.8, 4) is 12.1 Å². The van der Waals surface area contributed by atoms with Gasteiger partial charge in [0.25, 0.3) is 0 Å². The number of carbonyl (C=O) groups is 1. The summed E-state index contributed by atoms with van der Waals surface area (Å²) >= 11 is 0. The summed E-state index contributed by atoms with van der Waals surface area (Å²) in [4.78, 5) is 15.6. The van der Waals surface area contributed by atoms with Crippen molar-refractivity contribution in [2.45, 2.75) is 38.8 Å². The van der Waals surface area contributed by atoms with Crippen LogP contribution >= 0.6 is 0 Å². The number of nitriles is 2. The highest BCUT2D eigenvalue weighted by atomic mass is 16.3. The highest BCUT2D eigenvalue weighted by Crippen LogP contribution is 2.56. The van der Waals surface area contributed by atoms with E-state index in [1.807, 2.05) is 62.1 Å². The van der Waals surface area contributed by atoms with Gasteiger partial charge in [0, 0.05) is 11.1 Å². The molecule has 1 saturated heterocycles. The van der Waals surface area contributed by atoms with Crippen LogP contribution in [0.4, 0.5) is 5.69 Å². The standard InChI is InChI=1S/C23H21N3O2/c1-22(2,3)21(27)20-19(17-9-6-12-28-17)23(13-24,14-25)18-11-10-15-7-4-5-8-16(15)26(18)20/h4-12,18-20H,1-3H3/t18-,19-,20-/m1/s1. The SMILES string of the molecule is CC(C)(C)C(=O)[C@H]1[C@@H](c2ccco2)C(C#N)(C#N)[C@H]2C=Cc3ccccc3N12. The van der Waals surface area contributed by atoms with Crippen LogP contribution in [0.25, 0.3) is 6.08 Å². The number of Topliss-reactive ketones (excluding diaryl/α,β-unsaturated/α-hetero) is 1. The molecule has 1 aromatic carbocycles. The summed E-state index contributed by atoms with van der Waals surface area (Å²) < 4.78 is 5.66. The fourth-order valence-electron chi connectivity index (χ4n) is 4.45. The fraction of sp³-hybridized carbons (Fsp3) is 0.348. The van der Waals surface area contributed by atoms with Gasteiger partial charge in [-0.15, -0.1) is 0 Å². The van der Waals surface area contributed by atoms with Crippen LogP contribution in [0.5, 0.6) is 0 Å². The van der Waals surface area contributed by atoms with Crippen LogP contribution in [-0.2, 0) is 4.79 Å². The molecule has 0 N–H and O–H groups in total. The molecule has 4 rings (SSSR count). The molecule has 0 bridgehead atoms. The molecule has 3 heterocycles. The van der Waals surface area contributed by atoms with Crippen molar-refractivity contribution in [1.82, 2.24) is 0 Å². The molecule has 0 amide bonds. The van der Waals surface area contributed by atoms with E-state index in [2.05, 4.69) is 12.1 Å². The molecule has 3 atom stereocenters. The van der Waals surface area contributed by atoms with Gasteiger partial charge < -0.3 is 9.32 Å². The molecule has 2 aromatic rings. The van der Waals surface area contributed by atoms with E-state index < -0.39 is 28.8 Å². The quantitative estimate of drug-likeness (QED) is 0.786. The van der Waals surface area contributed by atoms with Crippen molar-refractivity contribution in [1.29, 1.82) is 10.5 Å². The number of ketones is 1. The molecule has 5 heteroatoms. The molecule has 0 saturated carbocycles. The minimum Gasteiger partial charge on any atom is -0.469 e. The smallest absolute Gasteiger partial charge is 0.179 e. The molecule has 140 valence electrons. The van der Waals surface area contributed by atoms with Gasteiger partial charge in [-0.05, 0) is 23.8 Å². The second kappa shape index (κ2) is 6.11. The predicted octanol–water partition coefficient (Wildman–Crippen LogP) is 4.30. The Morgan fingerprint density at radius 3 is 2.46 bits per heavy atom. The largest absolute Gasteiger partial charge is 0.469 e. The number of nitrogens with zero attached hydrogens (tertiary/aromatic N) is 3. The van der Waals surface area contributed by atoms with Crippen molar-refractivity contribution < 1.29 is 9.21 Å². The van der Waals surface area contributed by atoms with Crippen LogP contribution in [0.1, 0.15) is 38.0 Å². The summed E-state index contributed by atoms with van der Waals surface area (Å²) in [5.74, 6) is -0.215. The van der Waals surface area contributed by atoms with Gasteiger partial charge in [0.15, 0.2) is 11.2 Å². The molecule has 2 aliphatic heterocycles. The first-order valence-corrected chi connectivity index (χ1v) is 9.31. The summed E-state index contributed by atoms with van der Waals surface area (Å²) in [7, 11) is 0. The van der Waals surface area contributed by atoms with Gasteiger partial charge in [0.2, 0.25) is 0 Å². The van der Waals surface area contributed by atoms with Crippen LogP contribution in [0.2, 0.25) is 0 Å². The van der Waals surface area contributed by atoms with E-state index in [0.29, 0.717) is 5.76 Å². The minimum atomic E-state index is -1.44. The van der Waals surface area contributed by atoms with Gasteiger partial charge >= 0.3 is 0 Å². The molecule has 1 fully saturated rings. The Hall–Kier alpha value is -3.31. The van der Waals surface area contributed by atoms with Gasteiger partial charge in [-0.3, -0.25) is 4.79 Å². The van der Waals surface area contributed by atoms with E-state index in [0.717, 1.165) is 11.3 Å². The van der Waals surface area contributed by atoms with Crippen molar-refractivity contribution in [3.05, 3.63) is 60.1 Å². The van der Waals surface area contributed by atoms with Gasteiger partial charge in [-0.1, -0.05) is 51.1 Å². The Bertz CT molecular complexity index is 1020. The fourth-order valence-corrected chi connectivity index (χ4v) is 4.45. The molecular weight excluding hydrogens is 350 g/mol. The van der Waals surface area contributed by atoms with Crippen molar-refractivity contribution >= 4 is 17.5 Å². The number of benzene rings is 1. The first kappa shape index (κ1) is 18.1. The Morgan fingerprint density at radius 2 is 1.86 bits per heavy atom. The topological polar surface area (TPSA) is 81.0 Å². The predicted molar refractivity (Wildman–Crippen MR) is 105 cm³/mol. The lowest BCUT2D eigenvalue weighted by Gasteiger charge is -2.37. The molecule has 0 spiro atoms. The summed E-state index contributed by atoms with van der Waals surface area (Å²) in [5, 5.41) is 20.4. The Labute approximate surface area is 164 Å². The van der Waals surface area contributed by atoms with Gasteiger partial charge in [0.1, 0.15) is 11.8 Å². The minimum absolute atomic E-state index is 0.0172. The third-order valence-corrected chi connectivity index (χ3v) is 5.77. The average Bonchev–Trinajstić information content (AvgIpc) is 3.30. The van der Waals surface area contributed by atoms with E-state index in [-0.39, 0.29) is 5.78 Å². The molecule has 0 unspecified atom stereocenters. The highest BCUT2D eigenvalue weighted by Gasteiger charge is 2.65. The zero-order valence-electron chi connectivity index (χ0n) is 16.1. The van der Waals surface area contributed by atoms with E-state index in [9.17, 15) is 15.3 Å². The van der Waals surface area contributed by atoms with E-state index >= 15 is 0 Å². The molecule has 28 heavy (non-hydrogen) atoms. The number of para-hydroxylation sites is 1. The average molecular weight is 371 g/mol. The lowest BCUT2D eigenvalue weighted by atomic mass is 9.69. The maximum absolute atomic E-state index is 13.6. The number of furan rings is 1. The van der Waals surface area contributed by atoms with Gasteiger partial charge in [0.05, 0.1) is 30.4 Å². The molecule has 2 aliphatic rings. The second-order valence-corrected chi connectivity index (χ2v) is 8.41. The first-order valence-electron chi connectivity index (χ1n) is 9.31. The van der Waals surface area contributed by atoms with E-state index in [1.54, 1.807) is 12.1 Å². The van der Waals surface area contributed by atoms with E-state index in [4.69, 9.17) is 4.42 Å². The first-order chi connectivity index (χ1) is 13.3. The Kier molecular flexibility index (Phi) is 3.94. The van der Waals surface area contributed by atoms with Crippen molar-refractivity contribution in [3.63, 3.8) is 0 Å². The van der Waals surface area contributed by atoms with E-state index in [1.165, 1.54) is 6.26 Å². The molecule has 0 radical (unpaired) electrons. The summed E-state index contributed by atoms with van der Waals surface area (Å²) in [5.41, 5.74) is -0.248. The van der Waals surface area contributed by atoms with Crippen molar-refractivity contribution in [2.75, 3.05) is 4.90 Å².